The van der Waals surface area contributed by atoms with Crippen molar-refractivity contribution in [1.82, 2.24) is 4.57 Å². The smallest absolute Gasteiger partial charge is 0.337 e. The van der Waals surface area contributed by atoms with Crippen LogP contribution in [0, 0.1) is 0 Å². The van der Waals surface area contributed by atoms with Crippen molar-refractivity contribution in [3.8, 4) is 0 Å². The summed E-state index contributed by atoms with van der Waals surface area (Å²) >= 11 is 0. The normalized spacial score (nSPS) is 11.2. The molecule has 2 rings (SSSR count). The predicted octanol–water partition coefficient (Wildman–Crippen LogP) is 0.647. The fraction of sp³-hybridized carbons (Fsp3) is 0.143. The minimum atomic E-state index is -4.04. The van der Waals surface area contributed by atoms with Gasteiger partial charge in [-0.3, -0.25) is 9.10 Å². The number of nitrogens with zero attached hydrogens (tertiary/aromatic N) is 2. The van der Waals surface area contributed by atoms with Crippen molar-refractivity contribution >= 4 is 27.6 Å². The molecular formula is C14H15N3O5S. The molecule has 0 aliphatic heterocycles. The predicted molar refractivity (Wildman–Crippen MR) is 82.9 cm³/mol. The first kappa shape index (κ1) is 16.6. The molecule has 2 aromatic rings. The van der Waals surface area contributed by atoms with Gasteiger partial charge in [0.1, 0.15) is 10.6 Å². The molecule has 0 atom stereocenters. The van der Waals surface area contributed by atoms with Crippen LogP contribution in [0.5, 0.6) is 0 Å². The van der Waals surface area contributed by atoms with Gasteiger partial charge in [-0.25, -0.2) is 13.2 Å². The number of aromatic carboxylic acids is 1. The molecule has 0 spiro atoms. The number of aromatic nitrogens is 1. The second-order valence-electron chi connectivity index (χ2n) is 4.83. The van der Waals surface area contributed by atoms with Gasteiger partial charge in [-0.05, 0) is 18.2 Å². The third-order valence-corrected chi connectivity index (χ3v) is 5.10. The number of nitrogens with two attached hydrogens (primary N) is 1. The molecule has 122 valence electrons. The first-order valence-electron chi connectivity index (χ1n) is 6.43. The van der Waals surface area contributed by atoms with Gasteiger partial charge in [0.15, 0.2) is 0 Å². The first-order chi connectivity index (χ1) is 10.7. The highest BCUT2D eigenvalue weighted by Crippen LogP contribution is 2.26. The van der Waals surface area contributed by atoms with Crippen LogP contribution in [0.1, 0.15) is 20.8 Å². The second kappa shape index (κ2) is 5.76. The number of anilines is 1. The number of benzene rings is 1. The number of sulfonamides is 1. The van der Waals surface area contributed by atoms with Crippen molar-refractivity contribution in [3.05, 3.63) is 47.8 Å². The van der Waals surface area contributed by atoms with Crippen molar-refractivity contribution < 1.29 is 23.1 Å². The number of hydrogen-bond acceptors (Lipinski definition) is 4. The third-order valence-electron chi connectivity index (χ3n) is 3.36. The van der Waals surface area contributed by atoms with E-state index >= 15 is 0 Å². The molecule has 0 aliphatic carbocycles. The Bertz CT molecular complexity index is 886. The summed E-state index contributed by atoms with van der Waals surface area (Å²) in [6.07, 6.45) is 1.25. The summed E-state index contributed by atoms with van der Waals surface area (Å²) in [5.41, 5.74) is 5.08. The number of amides is 1. The lowest BCUT2D eigenvalue weighted by Gasteiger charge is -2.20. The fourth-order valence-corrected chi connectivity index (χ4v) is 3.42. The molecule has 1 amide bonds. The highest BCUT2D eigenvalue weighted by Gasteiger charge is 2.27. The lowest BCUT2D eigenvalue weighted by Crippen LogP contribution is -2.28. The summed E-state index contributed by atoms with van der Waals surface area (Å²) in [7, 11) is -1.31. The molecule has 0 bridgehead atoms. The van der Waals surface area contributed by atoms with Gasteiger partial charge in [0, 0.05) is 20.3 Å². The molecule has 0 radical (unpaired) electrons. The molecule has 23 heavy (non-hydrogen) atoms. The second-order valence-corrected chi connectivity index (χ2v) is 6.80. The van der Waals surface area contributed by atoms with E-state index in [0.29, 0.717) is 0 Å². The minimum absolute atomic E-state index is 0.0180. The average molecular weight is 337 g/mol. The summed E-state index contributed by atoms with van der Waals surface area (Å²) in [4.78, 5) is 22.4. The summed E-state index contributed by atoms with van der Waals surface area (Å²) in [5.74, 6) is -2.00. The molecule has 3 N–H and O–H groups in total. The molecule has 0 saturated heterocycles. The number of carboxylic acids is 1. The highest BCUT2D eigenvalue weighted by atomic mass is 32.2. The molecule has 1 heterocycles. The van der Waals surface area contributed by atoms with Crippen LogP contribution in [0.3, 0.4) is 0 Å². The maximum absolute atomic E-state index is 12.7. The van der Waals surface area contributed by atoms with Crippen LogP contribution in [0.15, 0.2) is 41.4 Å². The number of carbonyl (C=O) groups excluding carboxylic acids is 1. The number of primary amides is 1. The van der Waals surface area contributed by atoms with Crippen molar-refractivity contribution in [2.45, 2.75) is 4.90 Å². The maximum atomic E-state index is 12.7. The van der Waals surface area contributed by atoms with Gasteiger partial charge in [-0.2, -0.15) is 0 Å². The van der Waals surface area contributed by atoms with E-state index in [0.717, 1.165) is 10.4 Å². The van der Waals surface area contributed by atoms with Crippen molar-refractivity contribution in [1.29, 1.82) is 0 Å². The third kappa shape index (κ3) is 2.90. The molecule has 0 saturated carbocycles. The molecular weight excluding hydrogens is 322 g/mol. The Morgan fingerprint density at radius 3 is 2.39 bits per heavy atom. The molecule has 0 unspecified atom stereocenters. The van der Waals surface area contributed by atoms with Gasteiger partial charge in [0.2, 0.25) is 0 Å². The maximum Gasteiger partial charge on any atom is 0.337 e. The Labute approximate surface area is 132 Å². The first-order valence-corrected chi connectivity index (χ1v) is 7.87. The summed E-state index contributed by atoms with van der Waals surface area (Å²) in [6.45, 7) is 0. The van der Waals surface area contributed by atoms with Gasteiger partial charge < -0.3 is 15.4 Å². The average Bonchev–Trinajstić information content (AvgIpc) is 2.89. The SMILES string of the molecule is CN(c1ccccc1C(=O)O)S(=O)(=O)c1cc(C(N)=O)n(C)c1. The summed E-state index contributed by atoms with van der Waals surface area (Å²) < 4.78 is 27.5. The van der Waals surface area contributed by atoms with Crippen LogP contribution in [0.25, 0.3) is 0 Å². The van der Waals surface area contributed by atoms with Crippen molar-refractivity contribution in [2.75, 3.05) is 11.4 Å². The van der Waals surface area contributed by atoms with Crippen LogP contribution >= 0.6 is 0 Å². The van der Waals surface area contributed by atoms with Gasteiger partial charge in [-0.1, -0.05) is 12.1 Å². The number of hydrogen-bond donors (Lipinski definition) is 2. The molecule has 8 nitrogen and oxygen atoms in total. The van der Waals surface area contributed by atoms with Crippen LogP contribution < -0.4 is 10.0 Å². The number of carbonyl (C=O) groups is 2. The van der Waals surface area contributed by atoms with E-state index in [4.69, 9.17) is 5.73 Å². The van der Waals surface area contributed by atoms with Crippen LogP contribution in [0.2, 0.25) is 0 Å². The van der Waals surface area contributed by atoms with Crippen LogP contribution in [-0.4, -0.2) is 37.0 Å². The largest absolute Gasteiger partial charge is 0.478 e. The number of rotatable bonds is 5. The van der Waals surface area contributed by atoms with E-state index in [9.17, 15) is 23.1 Å². The van der Waals surface area contributed by atoms with Crippen LogP contribution in [0.4, 0.5) is 5.69 Å². The molecule has 1 aromatic heterocycles. The zero-order valence-corrected chi connectivity index (χ0v) is 13.2. The Kier molecular flexibility index (Phi) is 4.15. The van der Waals surface area contributed by atoms with Gasteiger partial charge in [0.05, 0.1) is 11.3 Å². The minimum Gasteiger partial charge on any atom is -0.478 e. The summed E-state index contributed by atoms with van der Waals surface area (Å²) in [5, 5.41) is 9.19. The van der Waals surface area contributed by atoms with E-state index in [1.54, 1.807) is 0 Å². The van der Waals surface area contributed by atoms with E-state index < -0.39 is 21.9 Å². The van der Waals surface area contributed by atoms with Crippen molar-refractivity contribution in [3.63, 3.8) is 0 Å². The zero-order valence-electron chi connectivity index (χ0n) is 12.4. The highest BCUT2D eigenvalue weighted by molar-refractivity contribution is 7.92. The topological polar surface area (TPSA) is 123 Å². The van der Waals surface area contributed by atoms with E-state index in [2.05, 4.69) is 0 Å². The lowest BCUT2D eigenvalue weighted by atomic mass is 10.2. The Balaban J connectivity index is 2.54. The van der Waals surface area contributed by atoms with E-state index in [1.165, 1.54) is 49.1 Å². The molecule has 9 heteroatoms. The fourth-order valence-electron chi connectivity index (χ4n) is 2.14. The summed E-state index contributed by atoms with van der Waals surface area (Å²) in [6, 6.07) is 6.88. The van der Waals surface area contributed by atoms with Gasteiger partial charge in [-0.15, -0.1) is 0 Å². The molecule has 0 aliphatic rings. The van der Waals surface area contributed by atoms with E-state index in [-0.39, 0.29) is 21.8 Å². The molecule has 1 aromatic carbocycles. The van der Waals surface area contributed by atoms with Crippen molar-refractivity contribution in [2.24, 2.45) is 12.8 Å². The molecule has 0 fully saturated rings. The Morgan fingerprint density at radius 1 is 1.26 bits per heavy atom. The standard InChI is InChI=1S/C14H15N3O5S/c1-16-8-9(7-12(16)13(15)18)23(21,22)17(2)11-6-4-3-5-10(11)14(19)20/h3-8H,1-2H3,(H2,15,18)(H,19,20). The van der Waals surface area contributed by atoms with E-state index in [1.807, 2.05) is 0 Å². The number of para-hydroxylation sites is 1. The Morgan fingerprint density at radius 2 is 1.87 bits per heavy atom. The number of carboxylic acid groups (broad SMARTS) is 1. The van der Waals surface area contributed by atoms with Crippen LogP contribution in [-0.2, 0) is 17.1 Å². The number of aryl methyl sites for hydroxylation is 1. The Hall–Kier alpha value is -2.81. The van der Waals surface area contributed by atoms with Gasteiger partial charge >= 0.3 is 5.97 Å². The quantitative estimate of drug-likeness (QED) is 0.829. The lowest BCUT2D eigenvalue weighted by molar-refractivity contribution is 0.0697. The monoisotopic (exact) mass is 337 g/mol. The van der Waals surface area contributed by atoms with Gasteiger partial charge in [0.25, 0.3) is 15.9 Å². The zero-order chi connectivity index (χ0) is 17.4.